The van der Waals surface area contributed by atoms with E-state index >= 15 is 0 Å². The van der Waals surface area contributed by atoms with E-state index in [2.05, 4.69) is 8.37 Å². The summed E-state index contributed by atoms with van der Waals surface area (Å²) in [6.45, 7) is 1.27. The summed E-state index contributed by atoms with van der Waals surface area (Å²) in [5.74, 6) is 0. The Kier molecular flexibility index (Phi) is 1.45. The minimum absolute atomic E-state index is 1.02. The van der Waals surface area contributed by atoms with Gasteiger partial charge >= 0.3 is 10.4 Å². The molecular weight excluding hydrogens is 151 g/mol. The van der Waals surface area contributed by atoms with Gasteiger partial charge < -0.3 is 0 Å². The molecule has 54 valence electrons. The summed E-state index contributed by atoms with van der Waals surface area (Å²) in [5.41, 5.74) is 0. The molecule has 1 fully saturated rings. The molecule has 0 saturated carbocycles. The molecule has 1 unspecified atom stereocenters. The smallest absolute Gasteiger partial charge is 0.239 e. The second kappa shape index (κ2) is 1.89. The lowest BCUT2D eigenvalue weighted by molar-refractivity contribution is 0.0481. The third-order valence-electron chi connectivity index (χ3n) is 0.848. The molecule has 1 aliphatic rings. The van der Waals surface area contributed by atoms with Crippen LogP contribution >= 0.6 is 0 Å². The molecule has 1 rings (SSSR count). The Morgan fingerprint density at radius 1 is 1.44 bits per heavy atom. The van der Waals surface area contributed by atoms with E-state index in [1.54, 1.807) is 0 Å². The van der Waals surface area contributed by atoms with Gasteiger partial charge in [-0.1, -0.05) is 0 Å². The van der Waals surface area contributed by atoms with Gasteiger partial charge in [-0.05, 0) is 6.92 Å². The first-order chi connectivity index (χ1) is 4.01. The largest absolute Gasteiger partial charge is 0.403 e. The highest BCUT2D eigenvalue weighted by Crippen LogP contribution is 2.20. The van der Waals surface area contributed by atoms with E-state index < -0.39 is 22.9 Å². The van der Waals surface area contributed by atoms with Crippen LogP contribution in [0.25, 0.3) is 0 Å². The van der Waals surface area contributed by atoms with Crippen LogP contribution < -0.4 is 0 Å². The highest BCUT2D eigenvalue weighted by atomic mass is 32.3. The Labute approximate surface area is 51.9 Å². The molecule has 1 saturated heterocycles. The summed E-state index contributed by atoms with van der Waals surface area (Å²) >= 11 is 0. The molecule has 0 N–H and O–H groups in total. The Morgan fingerprint density at radius 2 is 2.00 bits per heavy atom. The molecule has 4 nitrogen and oxygen atoms in total. The van der Waals surface area contributed by atoms with E-state index in [1.165, 1.54) is 6.92 Å². The van der Waals surface area contributed by atoms with E-state index in [1.807, 2.05) is 0 Å². The van der Waals surface area contributed by atoms with Crippen LogP contribution in [-0.2, 0) is 18.8 Å². The molecule has 1 heterocycles. The van der Waals surface area contributed by atoms with Crippen molar-refractivity contribution in [1.29, 1.82) is 0 Å². The second-order valence-electron chi connectivity index (χ2n) is 1.66. The van der Waals surface area contributed by atoms with Crippen molar-refractivity contribution in [3.63, 3.8) is 0 Å². The average molecular weight is 156 g/mol. The summed E-state index contributed by atoms with van der Waals surface area (Å²) in [5, 5.41) is 0. The van der Waals surface area contributed by atoms with Gasteiger partial charge in [0.25, 0.3) is 0 Å². The van der Waals surface area contributed by atoms with Crippen LogP contribution in [0.4, 0.5) is 4.39 Å². The third-order valence-corrected chi connectivity index (χ3v) is 1.81. The van der Waals surface area contributed by atoms with Gasteiger partial charge in [-0.25, -0.2) is 12.8 Å². The van der Waals surface area contributed by atoms with Crippen LogP contribution in [0, 0.1) is 0 Å². The maximum absolute atomic E-state index is 12.1. The van der Waals surface area contributed by atoms with Crippen LogP contribution in [0.15, 0.2) is 0 Å². The number of rotatable bonds is 0. The molecule has 9 heavy (non-hydrogen) atoms. The Hall–Kier alpha value is -0.200. The molecule has 0 aromatic rings. The molecule has 0 amide bonds. The molecule has 2 atom stereocenters. The number of hydrogen-bond acceptors (Lipinski definition) is 4. The zero-order valence-electron chi connectivity index (χ0n) is 4.57. The highest BCUT2D eigenvalue weighted by molar-refractivity contribution is 7.82. The lowest BCUT2D eigenvalue weighted by atomic mass is 10.4. The van der Waals surface area contributed by atoms with E-state index in [4.69, 9.17) is 0 Å². The molecule has 0 radical (unpaired) electrons. The maximum atomic E-state index is 12.1. The summed E-state index contributed by atoms with van der Waals surface area (Å²) in [4.78, 5) is 0. The van der Waals surface area contributed by atoms with Crippen molar-refractivity contribution < 1.29 is 21.2 Å². The van der Waals surface area contributed by atoms with Crippen molar-refractivity contribution in [3.05, 3.63) is 0 Å². The van der Waals surface area contributed by atoms with Crippen LogP contribution in [0.2, 0.25) is 0 Å². The Bertz CT molecular complexity index is 182. The second-order valence-corrected chi connectivity index (χ2v) is 2.86. The van der Waals surface area contributed by atoms with Crippen molar-refractivity contribution in [2.45, 2.75) is 19.4 Å². The van der Waals surface area contributed by atoms with E-state index in [0.717, 1.165) is 0 Å². The monoisotopic (exact) mass is 156 g/mol. The van der Waals surface area contributed by atoms with Gasteiger partial charge in [0, 0.05) is 0 Å². The van der Waals surface area contributed by atoms with Crippen molar-refractivity contribution in [1.82, 2.24) is 0 Å². The number of halogens is 1. The van der Waals surface area contributed by atoms with Crippen molar-refractivity contribution in [2.24, 2.45) is 0 Å². The first kappa shape index (κ1) is 6.91. The topological polar surface area (TPSA) is 52.6 Å². The lowest BCUT2D eigenvalue weighted by Gasteiger charge is -1.94. The van der Waals surface area contributed by atoms with Gasteiger partial charge in [0.15, 0.2) is 0 Å². The molecule has 0 spiro atoms. The van der Waals surface area contributed by atoms with Gasteiger partial charge in [0.1, 0.15) is 6.10 Å². The van der Waals surface area contributed by atoms with Crippen LogP contribution in [0.3, 0.4) is 0 Å². The molecular formula is C3H5FO4S. The van der Waals surface area contributed by atoms with E-state index in [-0.39, 0.29) is 0 Å². The fourth-order valence-corrected chi connectivity index (χ4v) is 1.33. The van der Waals surface area contributed by atoms with Crippen LogP contribution in [0.1, 0.15) is 6.92 Å². The molecule has 0 aliphatic carbocycles. The standard InChI is InChI=1S/C3H5FO4S/c1-2-3(4)8-9(5,6)7-2/h2-3H,1H3/t2-,3?/m0/s1. The lowest BCUT2D eigenvalue weighted by Crippen LogP contribution is -2.11. The van der Waals surface area contributed by atoms with Gasteiger partial charge in [-0.2, -0.15) is 8.42 Å². The van der Waals surface area contributed by atoms with Crippen LogP contribution in [-0.4, -0.2) is 20.9 Å². The summed E-state index contributed by atoms with van der Waals surface area (Å²) in [7, 11) is -4.02. The van der Waals surface area contributed by atoms with E-state index in [9.17, 15) is 12.8 Å². The maximum Gasteiger partial charge on any atom is 0.403 e. The predicted octanol–water partition coefficient (Wildman–Crippen LogP) is -0.0379. The quantitative estimate of drug-likeness (QED) is 0.494. The highest BCUT2D eigenvalue weighted by Gasteiger charge is 2.36. The Balaban J connectivity index is 2.77. The molecule has 0 bridgehead atoms. The van der Waals surface area contributed by atoms with Crippen molar-refractivity contribution in [3.8, 4) is 0 Å². The normalized spacial score (nSPS) is 41.1. The predicted molar refractivity (Wildman–Crippen MR) is 25.4 cm³/mol. The number of alkyl halides is 1. The molecule has 1 aliphatic heterocycles. The van der Waals surface area contributed by atoms with Crippen LogP contribution in [0.5, 0.6) is 0 Å². The fourth-order valence-electron chi connectivity index (χ4n) is 0.443. The zero-order valence-corrected chi connectivity index (χ0v) is 5.39. The molecule has 6 heteroatoms. The average Bonchev–Trinajstić information content (AvgIpc) is 1.79. The van der Waals surface area contributed by atoms with Gasteiger partial charge in [-0.15, -0.1) is 0 Å². The molecule has 0 aromatic heterocycles. The summed E-state index contributed by atoms with van der Waals surface area (Å²) in [6, 6.07) is 0. The van der Waals surface area contributed by atoms with Gasteiger partial charge in [-0.3, -0.25) is 0 Å². The van der Waals surface area contributed by atoms with Gasteiger partial charge in [0.05, 0.1) is 0 Å². The number of hydrogen-bond donors (Lipinski definition) is 0. The first-order valence-electron chi connectivity index (χ1n) is 2.27. The fraction of sp³-hybridized carbons (Fsp3) is 1.00. The minimum atomic E-state index is -4.02. The minimum Gasteiger partial charge on any atom is -0.239 e. The zero-order chi connectivity index (χ0) is 7.07. The van der Waals surface area contributed by atoms with Crippen molar-refractivity contribution >= 4 is 10.4 Å². The molecule has 0 aromatic carbocycles. The summed E-state index contributed by atoms with van der Waals surface area (Å²) in [6.07, 6.45) is -2.87. The van der Waals surface area contributed by atoms with Gasteiger partial charge in [0.2, 0.25) is 6.36 Å². The Morgan fingerprint density at radius 3 is 2.11 bits per heavy atom. The third kappa shape index (κ3) is 1.38. The van der Waals surface area contributed by atoms with Crippen molar-refractivity contribution in [2.75, 3.05) is 0 Å². The SMILES string of the molecule is C[C@@H]1OS(=O)(=O)OC1F. The van der Waals surface area contributed by atoms with E-state index in [0.29, 0.717) is 0 Å². The first-order valence-corrected chi connectivity index (χ1v) is 3.60. The summed E-state index contributed by atoms with van der Waals surface area (Å²) < 4.78 is 40.2.